The van der Waals surface area contributed by atoms with Gasteiger partial charge in [-0.25, -0.2) is 13.8 Å². The predicted octanol–water partition coefficient (Wildman–Crippen LogP) is 2.14. The molecule has 0 unspecified atom stereocenters. The number of aromatic nitrogens is 4. The first-order valence-corrected chi connectivity index (χ1v) is 7.87. The number of aliphatic hydroxyl groups excluding tert-OH is 1. The fraction of sp³-hybridized carbons (Fsp3) is 0.312. The van der Waals surface area contributed by atoms with E-state index in [-0.39, 0.29) is 13.2 Å². The molecule has 25 heavy (non-hydrogen) atoms. The van der Waals surface area contributed by atoms with E-state index in [9.17, 15) is 8.78 Å². The SMILES string of the molecule is CCn1cnc2c(NCc3cc(F)cc(F)c3)nc(NCCO)nc21. The van der Waals surface area contributed by atoms with Crippen LogP contribution in [0.15, 0.2) is 24.5 Å². The van der Waals surface area contributed by atoms with Crippen molar-refractivity contribution in [2.45, 2.75) is 20.0 Å². The van der Waals surface area contributed by atoms with Crippen molar-refractivity contribution in [2.24, 2.45) is 0 Å². The standard InChI is InChI=1S/C16H18F2N6O/c1-2-24-9-21-13-14(22-16(19-3-4-25)23-15(13)24)20-8-10-5-11(17)7-12(18)6-10/h5-7,9,25H,2-4,8H2,1H3,(H2,19,20,22,23). The molecule has 2 aromatic heterocycles. The van der Waals surface area contributed by atoms with Gasteiger partial charge >= 0.3 is 0 Å². The van der Waals surface area contributed by atoms with Gasteiger partial charge in [0.05, 0.1) is 12.9 Å². The molecule has 0 saturated heterocycles. The van der Waals surface area contributed by atoms with E-state index >= 15 is 0 Å². The summed E-state index contributed by atoms with van der Waals surface area (Å²) in [6, 6.07) is 3.33. The minimum Gasteiger partial charge on any atom is -0.395 e. The highest BCUT2D eigenvalue weighted by atomic mass is 19.1. The van der Waals surface area contributed by atoms with Crippen molar-refractivity contribution in [3.05, 3.63) is 41.7 Å². The summed E-state index contributed by atoms with van der Waals surface area (Å²) in [6.45, 7) is 3.08. The number of nitrogens with one attached hydrogen (secondary N) is 2. The van der Waals surface area contributed by atoms with Crippen LogP contribution in [0.2, 0.25) is 0 Å². The normalized spacial score (nSPS) is 11.0. The van der Waals surface area contributed by atoms with Crippen molar-refractivity contribution >= 4 is 22.9 Å². The number of hydrogen-bond acceptors (Lipinski definition) is 6. The smallest absolute Gasteiger partial charge is 0.226 e. The summed E-state index contributed by atoms with van der Waals surface area (Å²) < 4.78 is 28.5. The lowest BCUT2D eigenvalue weighted by Crippen LogP contribution is -2.11. The number of fused-ring (bicyclic) bond motifs is 1. The first-order valence-electron chi connectivity index (χ1n) is 7.87. The highest BCUT2D eigenvalue weighted by Gasteiger charge is 2.13. The molecule has 3 N–H and O–H groups in total. The van der Waals surface area contributed by atoms with Crippen LogP contribution in [0.4, 0.5) is 20.5 Å². The van der Waals surface area contributed by atoms with Crippen molar-refractivity contribution in [3.8, 4) is 0 Å². The highest BCUT2D eigenvalue weighted by Crippen LogP contribution is 2.21. The van der Waals surface area contributed by atoms with Gasteiger partial charge in [0, 0.05) is 25.7 Å². The summed E-state index contributed by atoms with van der Waals surface area (Å²) in [7, 11) is 0. The summed E-state index contributed by atoms with van der Waals surface area (Å²) in [5.41, 5.74) is 1.64. The maximum absolute atomic E-state index is 13.3. The zero-order valence-corrected chi connectivity index (χ0v) is 13.6. The maximum Gasteiger partial charge on any atom is 0.226 e. The van der Waals surface area contributed by atoms with Gasteiger partial charge in [0.25, 0.3) is 0 Å². The fourth-order valence-electron chi connectivity index (χ4n) is 2.44. The Hall–Kier alpha value is -2.81. The number of anilines is 2. The average molecular weight is 348 g/mol. The van der Waals surface area contributed by atoms with Gasteiger partial charge in [-0.3, -0.25) is 0 Å². The van der Waals surface area contributed by atoms with E-state index in [4.69, 9.17) is 5.11 Å². The van der Waals surface area contributed by atoms with Crippen LogP contribution in [0.25, 0.3) is 11.2 Å². The van der Waals surface area contributed by atoms with Crippen LogP contribution in [-0.2, 0) is 13.1 Å². The molecule has 0 radical (unpaired) electrons. The summed E-state index contributed by atoms with van der Waals surface area (Å²) in [5, 5.41) is 14.9. The molecule has 0 amide bonds. The Bertz CT molecular complexity index is 862. The molecule has 3 aromatic rings. The van der Waals surface area contributed by atoms with Gasteiger partial charge in [0.1, 0.15) is 11.6 Å². The lowest BCUT2D eigenvalue weighted by Gasteiger charge is -2.10. The van der Waals surface area contributed by atoms with Crippen molar-refractivity contribution in [3.63, 3.8) is 0 Å². The van der Waals surface area contributed by atoms with Crippen LogP contribution in [0.1, 0.15) is 12.5 Å². The molecule has 0 spiro atoms. The van der Waals surface area contributed by atoms with Gasteiger partial charge < -0.3 is 20.3 Å². The second kappa shape index (κ2) is 7.39. The summed E-state index contributed by atoms with van der Waals surface area (Å²) in [4.78, 5) is 13.0. The molecule has 2 heterocycles. The van der Waals surface area contributed by atoms with Crippen molar-refractivity contribution in [1.29, 1.82) is 0 Å². The minimum absolute atomic E-state index is 0.0558. The molecule has 0 aliphatic carbocycles. The number of hydrogen-bond donors (Lipinski definition) is 3. The number of halogens is 2. The minimum atomic E-state index is -0.634. The van der Waals surface area contributed by atoms with Gasteiger partial charge in [-0.2, -0.15) is 9.97 Å². The zero-order valence-electron chi connectivity index (χ0n) is 13.6. The third kappa shape index (κ3) is 3.82. The van der Waals surface area contributed by atoms with Gasteiger partial charge in [-0.05, 0) is 24.6 Å². The maximum atomic E-state index is 13.3. The molecular formula is C16H18F2N6O. The molecule has 3 rings (SSSR count). The lowest BCUT2D eigenvalue weighted by molar-refractivity contribution is 0.311. The number of aliphatic hydroxyl groups is 1. The molecule has 0 aliphatic heterocycles. The Morgan fingerprint density at radius 3 is 2.56 bits per heavy atom. The number of imidazole rings is 1. The molecule has 132 valence electrons. The van der Waals surface area contributed by atoms with E-state index in [1.54, 1.807) is 6.33 Å². The fourth-order valence-corrected chi connectivity index (χ4v) is 2.44. The van der Waals surface area contributed by atoms with Crippen molar-refractivity contribution in [2.75, 3.05) is 23.8 Å². The first kappa shape index (κ1) is 17.0. The Balaban J connectivity index is 1.91. The number of nitrogens with zero attached hydrogens (tertiary/aromatic N) is 4. The van der Waals surface area contributed by atoms with Crippen LogP contribution in [0.5, 0.6) is 0 Å². The molecule has 0 bridgehead atoms. The molecule has 0 fully saturated rings. The van der Waals surface area contributed by atoms with Crippen LogP contribution >= 0.6 is 0 Å². The summed E-state index contributed by atoms with van der Waals surface area (Å²) >= 11 is 0. The van der Waals surface area contributed by atoms with Crippen LogP contribution in [-0.4, -0.2) is 37.8 Å². The summed E-state index contributed by atoms with van der Waals surface area (Å²) in [6.07, 6.45) is 1.65. The molecule has 1 aromatic carbocycles. The van der Waals surface area contributed by atoms with E-state index in [0.717, 1.165) is 6.07 Å². The molecule has 0 saturated carbocycles. The van der Waals surface area contributed by atoms with Crippen molar-refractivity contribution in [1.82, 2.24) is 19.5 Å². The molecular weight excluding hydrogens is 330 g/mol. The number of benzene rings is 1. The molecule has 9 heteroatoms. The predicted molar refractivity (Wildman–Crippen MR) is 90.3 cm³/mol. The van der Waals surface area contributed by atoms with E-state index < -0.39 is 11.6 Å². The molecule has 0 atom stereocenters. The monoisotopic (exact) mass is 348 g/mol. The van der Waals surface area contributed by atoms with E-state index in [2.05, 4.69) is 25.6 Å². The Morgan fingerprint density at radius 2 is 1.88 bits per heavy atom. The number of aryl methyl sites for hydroxylation is 1. The quantitative estimate of drug-likeness (QED) is 0.606. The Morgan fingerprint density at radius 1 is 1.12 bits per heavy atom. The Kier molecular flexibility index (Phi) is 5.03. The number of rotatable bonds is 7. The third-order valence-electron chi connectivity index (χ3n) is 3.58. The van der Waals surface area contributed by atoms with Crippen LogP contribution in [0.3, 0.4) is 0 Å². The Labute approximate surface area is 142 Å². The van der Waals surface area contributed by atoms with E-state index in [1.807, 2.05) is 11.5 Å². The van der Waals surface area contributed by atoms with Gasteiger partial charge in [-0.15, -0.1) is 0 Å². The first-order chi connectivity index (χ1) is 12.1. The van der Waals surface area contributed by atoms with E-state index in [1.165, 1.54) is 12.1 Å². The van der Waals surface area contributed by atoms with Gasteiger partial charge in [0.15, 0.2) is 17.0 Å². The molecule has 0 aliphatic rings. The van der Waals surface area contributed by atoms with Gasteiger partial charge in [-0.1, -0.05) is 0 Å². The van der Waals surface area contributed by atoms with Crippen LogP contribution in [0, 0.1) is 11.6 Å². The lowest BCUT2D eigenvalue weighted by atomic mass is 10.2. The topological polar surface area (TPSA) is 87.9 Å². The second-order valence-corrected chi connectivity index (χ2v) is 5.38. The molecule has 7 nitrogen and oxygen atoms in total. The van der Waals surface area contributed by atoms with Crippen LogP contribution < -0.4 is 10.6 Å². The second-order valence-electron chi connectivity index (χ2n) is 5.38. The summed E-state index contributed by atoms with van der Waals surface area (Å²) in [5.74, 6) is -0.484. The van der Waals surface area contributed by atoms with Gasteiger partial charge in [0.2, 0.25) is 5.95 Å². The van der Waals surface area contributed by atoms with E-state index in [0.29, 0.717) is 41.6 Å². The third-order valence-corrected chi connectivity index (χ3v) is 3.58. The van der Waals surface area contributed by atoms with Crippen molar-refractivity contribution < 1.29 is 13.9 Å². The average Bonchev–Trinajstić information content (AvgIpc) is 3.00. The zero-order chi connectivity index (χ0) is 17.8. The largest absolute Gasteiger partial charge is 0.395 e. The highest BCUT2D eigenvalue weighted by molar-refractivity contribution is 5.84.